The SMILES string of the molecule is Cc1noc(C)c1COc1ccc(C(=O)Oc2ccc3nc(-c4ccccn4)oc3c2)cc1. The highest BCUT2D eigenvalue weighted by molar-refractivity contribution is 5.91. The smallest absolute Gasteiger partial charge is 0.343 e. The molecule has 3 heterocycles. The fourth-order valence-electron chi connectivity index (χ4n) is 3.28. The number of carbonyl (C=O) groups excluding carboxylic acids is 1. The van der Waals surface area contributed by atoms with Gasteiger partial charge >= 0.3 is 5.97 Å². The summed E-state index contributed by atoms with van der Waals surface area (Å²) in [6, 6.07) is 17.3. The molecule has 2 aromatic carbocycles. The molecule has 5 aromatic rings. The highest BCUT2D eigenvalue weighted by Gasteiger charge is 2.14. The zero-order valence-electron chi connectivity index (χ0n) is 17.9. The van der Waals surface area contributed by atoms with Gasteiger partial charge in [-0.05, 0) is 62.4 Å². The number of fused-ring (bicyclic) bond motifs is 1. The van der Waals surface area contributed by atoms with Crippen LogP contribution in [0.5, 0.6) is 11.5 Å². The van der Waals surface area contributed by atoms with E-state index < -0.39 is 5.97 Å². The molecule has 3 aromatic heterocycles. The first-order chi connectivity index (χ1) is 16.1. The molecule has 0 N–H and O–H groups in total. The van der Waals surface area contributed by atoms with Crippen LogP contribution < -0.4 is 9.47 Å². The molecule has 0 aliphatic rings. The lowest BCUT2D eigenvalue weighted by Gasteiger charge is -2.07. The topological polar surface area (TPSA) is 100 Å². The molecule has 0 aliphatic heterocycles. The molecule has 0 radical (unpaired) electrons. The van der Waals surface area contributed by atoms with E-state index >= 15 is 0 Å². The van der Waals surface area contributed by atoms with E-state index in [1.807, 2.05) is 32.0 Å². The van der Waals surface area contributed by atoms with E-state index in [0.717, 1.165) is 17.0 Å². The standard InChI is InChI=1S/C25H19N3O5/c1-15-20(16(2)33-28-15)14-30-18-8-6-17(7-9-18)25(29)31-19-10-11-21-23(13-19)32-24(27-21)22-5-3-4-12-26-22/h3-13H,14H2,1-2H3. The normalized spacial score (nSPS) is 11.0. The average molecular weight is 441 g/mol. The summed E-state index contributed by atoms with van der Waals surface area (Å²) in [6.45, 7) is 4.04. The van der Waals surface area contributed by atoms with Crippen LogP contribution in [0.3, 0.4) is 0 Å². The van der Waals surface area contributed by atoms with Crippen molar-refractivity contribution in [2.75, 3.05) is 0 Å². The van der Waals surface area contributed by atoms with E-state index in [4.69, 9.17) is 18.4 Å². The van der Waals surface area contributed by atoms with Crippen LogP contribution in [0.1, 0.15) is 27.4 Å². The van der Waals surface area contributed by atoms with Gasteiger partial charge in [-0.15, -0.1) is 0 Å². The number of carbonyl (C=O) groups is 1. The van der Waals surface area contributed by atoms with Crippen molar-refractivity contribution in [2.24, 2.45) is 0 Å². The Labute approximate surface area is 188 Å². The summed E-state index contributed by atoms with van der Waals surface area (Å²) in [5.74, 6) is 1.62. The van der Waals surface area contributed by atoms with E-state index in [-0.39, 0.29) is 0 Å². The molecule has 8 nitrogen and oxygen atoms in total. The number of oxazole rings is 1. The van der Waals surface area contributed by atoms with Gasteiger partial charge in [0, 0.05) is 12.3 Å². The Kier molecular flexibility index (Phi) is 5.32. The zero-order valence-corrected chi connectivity index (χ0v) is 17.9. The Morgan fingerprint density at radius 3 is 2.55 bits per heavy atom. The fraction of sp³-hybridized carbons (Fsp3) is 0.120. The van der Waals surface area contributed by atoms with Crippen molar-refractivity contribution >= 4 is 17.1 Å². The number of ether oxygens (including phenoxy) is 2. The molecule has 0 saturated heterocycles. The lowest BCUT2D eigenvalue weighted by atomic mass is 10.2. The first-order valence-electron chi connectivity index (χ1n) is 10.3. The molecule has 0 fully saturated rings. The molecule has 164 valence electrons. The van der Waals surface area contributed by atoms with Crippen LogP contribution in [0.15, 0.2) is 75.8 Å². The summed E-state index contributed by atoms with van der Waals surface area (Å²) in [5.41, 5.74) is 3.88. The number of hydrogen-bond donors (Lipinski definition) is 0. The van der Waals surface area contributed by atoms with Crippen molar-refractivity contribution in [1.82, 2.24) is 15.1 Å². The van der Waals surface area contributed by atoms with E-state index in [2.05, 4.69) is 15.1 Å². The number of pyridine rings is 1. The van der Waals surface area contributed by atoms with Crippen molar-refractivity contribution in [2.45, 2.75) is 20.5 Å². The number of aryl methyl sites for hydroxylation is 2. The predicted molar refractivity (Wildman–Crippen MR) is 119 cm³/mol. The molecule has 0 amide bonds. The minimum atomic E-state index is -0.490. The number of aromatic nitrogens is 3. The third-order valence-corrected chi connectivity index (χ3v) is 5.11. The number of rotatable bonds is 6. The molecule has 0 atom stereocenters. The van der Waals surface area contributed by atoms with Crippen LogP contribution in [0.25, 0.3) is 22.7 Å². The third kappa shape index (κ3) is 4.31. The largest absolute Gasteiger partial charge is 0.489 e. The quantitative estimate of drug-likeness (QED) is 0.259. The molecular formula is C25H19N3O5. The molecule has 33 heavy (non-hydrogen) atoms. The Balaban J connectivity index is 1.26. The lowest BCUT2D eigenvalue weighted by molar-refractivity contribution is 0.0735. The van der Waals surface area contributed by atoms with Crippen LogP contribution in [0.2, 0.25) is 0 Å². The zero-order chi connectivity index (χ0) is 22.8. The number of hydrogen-bond acceptors (Lipinski definition) is 8. The molecular weight excluding hydrogens is 422 g/mol. The number of esters is 1. The van der Waals surface area contributed by atoms with Crippen LogP contribution >= 0.6 is 0 Å². The second kappa shape index (κ2) is 8.58. The second-order valence-corrected chi connectivity index (χ2v) is 7.37. The number of benzene rings is 2. The highest BCUT2D eigenvalue weighted by Crippen LogP contribution is 2.26. The predicted octanol–water partition coefficient (Wildman–Crippen LogP) is 5.29. The second-order valence-electron chi connectivity index (χ2n) is 7.37. The molecule has 8 heteroatoms. The van der Waals surface area contributed by atoms with Gasteiger partial charge in [0.15, 0.2) is 5.58 Å². The van der Waals surface area contributed by atoms with Gasteiger partial charge in [0.05, 0.1) is 16.8 Å². The molecule has 0 saturated carbocycles. The van der Waals surface area contributed by atoms with Gasteiger partial charge in [0.2, 0.25) is 5.89 Å². The third-order valence-electron chi connectivity index (χ3n) is 5.11. The fourth-order valence-corrected chi connectivity index (χ4v) is 3.28. The van der Waals surface area contributed by atoms with Gasteiger partial charge in [0.25, 0.3) is 0 Å². The van der Waals surface area contributed by atoms with Gasteiger partial charge in [-0.25, -0.2) is 9.78 Å². The Bertz CT molecular complexity index is 1400. The van der Waals surface area contributed by atoms with Crippen molar-refractivity contribution in [3.05, 3.63) is 89.4 Å². The Morgan fingerprint density at radius 2 is 1.82 bits per heavy atom. The molecule has 0 spiro atoms. The first-order valence-corrected chi connectivity index (χ1v) is 10.3. The maximum Gasteiger partial charge on any atom is 0.343 e. The summed E-state index contributed by atoms with van der Waals surface area (Å²) in [6.07, 6.45) is 1.67. The molecule has 0 bridgehead atoms. The lowest BCUT2D eigenvalue weighted by Crippen LogP contribution is -2.08. The van der Waals surface area contributed by atoms with Gasteiger partial charge < -0.3 is 18.4 Å². The highest BCUT2D eigenvalue weighted by atomic mass is 16.5. The van der Waals surface area contributed by atoms with Gasteiger partial charge in [-0.2, -0.15) is 0 Å². The van der Waals surface area contributed by atoms with E-state index in [9.17, 15) is 4.79 Å². The monoisotopic (exact) mass is 441 g/mol. The first kappa shape index (κ1) is 20.4. The summed E-state index contributed by atoms with van der Waals surface area (Å²) >= 11 is 0. The van der Waals surface area contributed by atoms with Crippen LogP contribution in [0, 0.1) is 13.8 Å². The van der Waals surface area contributed by atoms with Gasteiger partial charge in [-0.1, -0.05) is 11.2 Å². The van der Waals surface area contributed by atoms with Crippen LogP contribution in [-0.4, -0.2) is 21.1 Å². The maximum absolute atomic E-state index is 12.6. The van der Waals surface area contributed by atoms with Crippen molar-refractivity contribution in [3.8, 4) is 23.1 Å². The molecule has 5 rings (SSSR count). The van der Waals surface area contributed by atoms with Gasteiger partial charge in [-0.3, -0.25) is 4.98 Å². The molecule has 0 unspecified atom stereocenters. The van der Waals surface area contributed by atoms with Crippen molar-refractivity contribution in [1.29, 1.82) is 0 Å². The maximum atomic E-state index is 12.6. The minimum Gasteiger partial charge on any atom is -0.489 e. The summed E-state index contributed by atoms with van der Waals surface area (Å²) < 4.78 is 22.2. The van der Waals surface area contributed by atoms with E-state index in [1.54, 1.807) is 48.7 Å². The number of nitrogens with zero attached hydrogens (tertiary/aromatic N) is 3. The Morgan fingerprint density at radius 1 is 1.00 bits per heavy atom. The summed E-state index contributed by atoms with van der Waals surface area (Å²) in [7, 11) is 0. The van der Waals surface area contributed by atoms with E-state index in [1.165, 1.54) is 0 Å². The summed E-state index contributed by atoms with van der Waals surface area (Å²) in [5, 5.41) is 3.91. The minimum absolute atomic E-state index is 0.336. The van der Waals surface area contributed by atoms with Crippen molar-refractivity contribution < 1.29 is 23.2 Å². The van der Waals surface area contributed by atoms with E-state index in [0.29, 0.717) is 46.4 Å². The average Bonchev–Trinajstić information content (AvgIpc) is 3.41. The molecule has 0 aliphatic carbocycles. The Hall–Kier alpha value is -4.46. The van der Waals surface area contributed by atoms with Crippen LogP contribution in [0.4, 0.5) is 0 Å². The van der Waals surface area contributed by atoms with Crippen LogP contribution in [-0.2, 0) is 6.61 Å². The van der Waals surface area contributed by atoms with Crippen molar-refractivity contribution in [3.63, 3.8) is 0 Å². The summed E-state index contributed by atoms with van der Waals surface area (Å²) in [4.78, 5) is 21.2. The van der Waals surface area contributed by atoms with Gasteiger partial charge in [0.1, 0.15) is 35.1 Å².